The second kappa shape index (κ2) is 9.15. The quantitative estimate of drug-likeness (QED) is 0.533. The lowest BCUT2D eigenvalue weighted by Gasteiger charge is -2.04. The van der Waals surface area contributed by atoms with Crippen LogP contribution in [-0.4, -0.2) is 17.5 Å². The van der Waals surface area contributed by atoms with Crippen molar-refractivity contribution in [2.75, 3.05) is 11.1 Å². The van der Waals surface area contributed by atoms with Gasteiger partial charge in [-0.05, 0) is 50.2 Å². The van der Waals surface area contributed by atoms with Gasteiger partial charge in [-0.15, -0.1) is 0 Å². The van der Waals surface area contributed by atoms with E-state index >= 15 is 0 Å². The van der Waals surface area contributed by atoms with Crippen LogP contribution in [0.15, 0.2) is 71.3 Å². The van der Waals surface area contributed by atoms with E-state index in [0.29, 0.717) is 22.5 Å². The number of nitrogens with two attached hydrogens (primary N) is 1. The molecule has 138 valence electrons. The van der Waals surface area contributed by atoms with E-state index < -0.39 is 0 Å². The molecule has 0 atom stereocenters. The minimum atomic E-state index is -0.337. The van der Waals surface area contributed by atoms with E-state index in [-0.39, 0.29) is 23.2 Å². The highest BCUT2D eigenvalue weighted by atomic mass is 16.3. The molecule has 1 heterocycles. The average Bonchev–Trinajstić information content (AvgIpc) is 3.17. The molecule has 6 heteroatoms. The van der Waals surface area contributed by atoms with E-state index in [1.54, 1.807) is 60.7 Å². The molecule has 0 bridgehead atoms. The number of ketones is 2. The van der Waals surface area contributed by atoms with Gasteiger partial charge in [0.15, 0.2) is 17.3 Å². The molecule has 0 saturated heterocycles. The highest BCUT2D eigenvalue weighted by Gasteiger charge is 2.09. The number of Topliss-reactive ketones (excluding diaryl/α,β-unsaturated/α-hetero) is 2. The van der Waals surface area contributed by atoms with Gasteiger partial charge in [0.1, 0.15) is 0 Å². The lowest BCUT2D eigenvalue weighted by atomic mass is 10.1. The molecule has 0 fully saturated rings. The molecule has 0 aliphatic heterocycles. The van der Waals surface area contributed by atoms with E-state index in [4.69, 9.17) is 10.2 Å². The van der Waals surface area contributed by atoms with Crippen molar-refractivity contribution in [1.82, 2.24) is 0 Å². The minimum absolute atomic E-state index is 0.0425. The van der Waals surface area contributed by atoms with E-state index in [9.17, 15) is 14.4 Å². The molecular formula is C21H20N2O4. The van der Waals surface area contributed by atoms with Gasteiger partial charge in [0.25, 0.3) is 5.91 Å². The first-order valence-corrected chi connectivity index (χ1v) is 8.19. The summed E-state index contributed by atoms with van der Waals surface area (Å²) in [5, 5.41) is 2.65. The summed E-state index contributed by atoms with van der Waals surface area (Å²) in [5.74, 6) is -0.0969. The number of nitrogens with one attached hydrogen (secondary N) is 1. The maximum Gasteiger partial charge on any atom is 0.291 e. The standard InChI is InChI=1S/C13H11NO3.C8H9NO/c1-9(15)10-4-2-5-11(8-10)14-13(16)12-6-3-7-17-12;1-6(10)7-3-2-4-8(9)5-7/h2-8H,1H3,(H,14,16);2-5H,9H2,1H3. The molecule has 0 saturated carbocycles. The number of rotatable bonds is 4. The van der Waals surface area contributed by atoms with Crippen molar-refractivity contribution in [3.05, 3.63) is 83.8 Å². The van der Waals surface area contributed by atoms with Crippen LogP contribution in [-0.2, 0) is 0 Å². The molecule has 2 aromatic carbocycles. The topological polar surface area (TPSA) is 102 Å². The van der Waals surface area contributed by atoms with Gasteiger partial charge in [-0.2, -0.15) is 0 Å². The van der Waals surface area contributed by atoms with E-state index in [0.717, 1.165) is 0 Å². The molecule has 1 aromatic heterocycles. The van der Waals surface area contributed by atoms with Crippen molar-refractivity contribution in [3.63, 3.8) is 0 Å². The van der Waals surface area contributed by atoms with E-state index in [1.807, 2.05) is 0 Å². The van der Waals surface area contributed by atoms with Crippen LogP contribution in [0.25, 0.3) is 0 Å². The van der Waals surface area contributed by atoms with Gasteiger partial charge in [-0.1, -0.05) is 24.3 Å². The monoisotopic (exact) mass is 364 g/mol. The maximum atomic E-state index is 11.7. The summed E-state index contributed by atoms with van der Waals surface area (Å²) in [6.45, 7) is 3.00. The Morgan fingerprint density at radius 2 is 1.48 bits per heavy atom. The summed E-state index contributed by atoms with van der Waals surface area (Å²) >= 11 is 0. The molecular weight excluding hydrogens is 344 g/mol. The van der Waals surface area contributed by atoms with Crippen LogP contribution < -0.4 is 11.1 Å². The second-order valence-electron chi connectivity index (χ2n) is 5.75. The number of furan rings is 1. The van der Waals surface area contributed by atoms with Crippen LogP contribution in [0.5, 0.6) is 0 Å². The van der Waals surface area contributed by atoms with Crippen molar-refractivity contribution < 1.29 is 18.8 Å². The van der Waals surface area contributed by atoms with E-state index in [2.05, 4.69) is 5.32 Å². The Balaban J connectivity index is 0.000000223. The van der Waals surface area contributed by atoms with Crippen LogP contribution in [0.3, 0.4) is 0 Å². The van der Waals surface area contributed by atoms with Crippen molar-refractivity contribution in [2.45, 2.75) is 13.8 Å². The van der Waals surface area contributed by atoms with E-state index in [1.165, 1.54) is 20.1 Å². The second-order valence-corrected chi connectivity index (χ2v) is 5.75. The molecule has 0 radical (unpaired) electrons. The van der Waals surface area contributed by atoms with Crippen LogP contribution in [0.2, 0.25) is 0 Å². The predicted molar refractivity (Wildman–Crippen MR) is 104 cm³/mol. The number of hydrogen-bond acceptors (Lipinski definition) is 5. The zero-order valence-electron chi connectivity index (χ0n) is 15.1. The van der Waals surface area contributed by atoms with Gasteiger partial charge in [-0.25, -0.2) is 0 Å². The third kappa shape index (κ3) is 5.97. The third-order valence-corrected chi connectivity index (χ3v) is 3.57. The summed E-state index contributed by atoms with van der Waals surface area (Å²) in [6, 6.07) is 16.9. The SMILES string of the molecule is CC(=O)c1cccc(N)c1.CC(=O)c1cccc(NC(=O)c2ccco2)c1. The fourth-order valence-electron chi connectivity index (χ4n) is 2.17. The number of benzene rings is 2. The first-order valence-electron chi connectivity index (χ1n) is 8.19. The van der Waals surface area contributed by atoms with Gasteiger partial charge in [0, 0.05) is 22.5 Å². The molecule has 6 nitrogen and oxygen atoms in total. The van der Waals surface area contributed by atoms with Crippen molar-refractivity contribution >= 4 is 28.8 Å². The van der Waals surface area contributed by atoms with Gasteiger partial charge in [0.2, 0.25) is 0 Å². The summed E-state index contributed by atoms with van der Waals surface area (Å²) in [7, 11) is 0. The fourth-order valence-corrected chi connectivity index (χ4v) is 2.17. The average molecular weight is 364 g/mol. The molecule has 3 aromatic rings. The molecule has 1 amide bonds. The molecule has 0 aliphatic rings. The zero-order chi connectivity index (χ0) is 19.8. The number of carbonyl (C=O) groups is 3. The lowest BCUT2D eigenvalue weighted by molar-refractivity contribution is 0.0991. The van der Waals surface area contributed by atoms with Crippen LogP contribution in [0, 0.1) is 0 Å². The van der Waals surface area contributed by atoms with Crippen molar-refractivity contribution in [3.8, 4) is 0 Å². The molecule has 3 N–H and O–H groups in total. The van der Waals surface area contributed by atoms with Gasteiger partial charge in [0.05, 0.1) is 6.26 Å². The van der Waals surface area contributed by atoms with Crippen LogP contribution in [0.1, 0.15) is 45.1 Å². The molecule has 27 heavy (non-hydrogen) atoms. The van der Waals surface area contributed by atoms with Crippen LogP contribution >= 0.6 is 0 Å². The first kappa shape index (κ1) is 19.7. The van der Waals surface area contributed by atoms with Gasteiger partial charge >= 0.3 is 0 Å². The Labute approximate surface area is 157 Å². The predicted octanol–water partition coefficient (Wildman–Crippen LogP) is 4.21. The molecule has 3 rings (SSSR count). The Bertz CT molecular complexity index is 946. The lowest BCUT2D eigenvalue weighted by Crippen LogP contribution is -2.11. The number of anilines is 2. The molecule has 0 spiro atoms. The summed E-state index contributed by atoms with van der Waals surface area (Å²) < 4.78 is 4.97. The number of carbonyl (C=O) groups excluding carboxylic acids is 3. The smallest absolute Gasteiger partial charge is 0.291 e. The molecule has 0 aliphatic carbocycles. The first-order chi connectivity index (χ1) is 12.9. The largest absolute Gasteiger partial charge is 0.459 e. The Morgan fingerprint density at radius 3 is 2.00 bits per heavy atom. The summed E-state index contributed by atoms with van der Waals surface area (Å²) in [4.78, 5) is 33.6. The number of nitrogen functional groups attached to an aromatic ring is 1. The molecule has 0 unspecified atom stereocenters. The fraction of sp³-hybridized carbons (Fsp3) is 0.0952. The maximum absolute atomic E-state index is 11.7. The zero-order valence-corrected chi connectivity index (χ0v) is 15.1. The normalized spacial score (nSPS) is 9.70. The van der Waals surface area contributed by atoms with Crippen molar-refractivity contribution in [2.24, 2.45) is 0 Å². The van der Waals surface area contributed by atoms with Crippen molar-refractivity contribution in [1.29, 1.82) is 0 Å². The Morgan fingerprint density at radius 1 is 0.852 bits per heavy atom. The van der Waals surface area contributed by atoms with Gasteiger partial charge in [-0.3, -0.25) is 14.4 Å². The number of amides is 1. The van der Waals surface area contributed by atoms with Crippen LogP contribution in [0.4, 0.5) is 11.4 Å². The Kier molecular flexibility index (Phi) is 6.66. The Hall–Kier alpha value is -3.67. The third-order valence-electron chi connectivity index (χ3n) is 3.57. The minimum Gasteiger partial charge on any atom is -0.459 e. The van der Waals surface area contributed by atoms with Gasteiger partial charge < -0.3 is 15.5 Å². The number of hydrogen-bond donors (Lipinski definition) is 2. The highest BCUT2D eigenvalue weighted by molar-refractivity contribution is 6.03. The summed E-state index contributed by atoms with van der Waals surface area (Å²) in [6.07, 6.45) is 1.43. The summed E-state index contributed by atoms with van der Waals surface area (Å²) in [5.41, 5.74) is 7.87. The highest BCUT2D eigenvalue weighted by Crippen LogP contribution is 2.13.